The highest BCUT2D eigenvalue weighted by atomic mass is 79.9. The molecule has 0 aliphatic rings. The van der Waals surface area contributed by atoms with E-state index in [0.717, 1.165) is 16.6 Å². The molecule has 106 valence electrons. The Hall–Kier alpha value is -1.19. The van der Waals surface area contributed by atoms with Crippen LogP contribution in [0.2, 0.25) is 0 Å². The normalized spacial score (nSPS) is 12.4. The van der Waals surface area contributed by atoms with Crippen LogP contribution in [0, 0.1) is 19.7 Å². The molecule has 0 amide bonds. The number of nitrogens with one attached hydrogen (secondary N) is 1. The van der Waals surface area contributed by atoms with Crippen LogP contribution >= 0.6 is 15.9 Å². The van der Waals surface area contributed by atoms with Crippen molar-refractivity contribution in [1.82, 2.24) is 5.32 Å². The lowest BCUT2D eigenvalue weighted by Gasteiger charge is -2.16. The monoisotopic (exact) mass is 335 g/mol. The summed E-state index contributed by atoms with van der Waals surface area (Å²) >= 11 is 3.57. The summed E-state index contributed by atoms with van der Waals surface area (Å²) in [6.07, 6.45) is 0. The summed E-state index contributed by atoms with van der Waals surface area (Å²) in [7, 11) is 0. The first-order valence-electron chi connectivity index (χ1n) is 6.72. The summed E-state index contributed by atoms with van der Waals surface area (Å²) in [6.45, 7) is 6.47. The second kappa shape index (κ2) is 6.51. The molecule has 2 aromatic rings. The smallest absolute Gasteiger partial charge is 0.129 e. The average Bonchev–Trinajstić information content (AvgIpc) is 2.42. The molecule has 3 heteroatoms. The molecule has 0 radical (unpaired) electrons. The van der Waals surface area contributed by atoms with Crippen molar-refractivity contribution >= 4 is 15.9 Å². The van der Waals surface area contributed by atoms with Crippen LogP contribution in [0.1, 0.15) is 35.2 Å². The number of aryl methyl sites for hydroxylation is 2. The third kappa shape index (κ3) is 3.47. The van der Waals surface area contributed by atoms with Gasteiger partial charge in [-0.25, -0.2) is 4.39 Å². The Bertz CT molecular complexity index is 587. The third-order valence-electron chi connectivity index (χ3n) is 3.48. The molecule has 0 heterocycles. The molecule has 2 rings (SSSR count). The van der Waals surface area contributed by atoms with E-state index in [9.17, 15) is 4.39 Å². The van der Waals surface area contributed by atoms with E-state index in [1.54, 1.807) is 0 Å². The van der Waals surface area contributed by atoms with Gasteiger partial charge in [-0.3, -0.25) is 0 Å². The van der Waals surface area contributed by atoms with Crippen LogP contribution in [0.3, 0.4) is 0 Å². The minimum absolute atomic E-state index is 0.104. The molecule has 0 saturated carbocycles. The van der Waals surface area contributed by atoms with Crippen molar-refractivity contribution in [3.8, 4) is 0 Å². The predicted octanol–water partition coefficient (Wildman–Crippen LogP) is 5.06. The zero-order chi connectivity index (χ0) is 14.7. The summed E-state index contributed by atoms with van der Waals surface area (Å²) in [5.74, 6) is -0.104. The van der Waals surface area contributed by atoms with Gasteiger partial charge < -0.3 is 5.32 Å². The minimum atomic E-state index is -0.104. The van der Waals surface area contributed by atoms with Gasteiger partial charge in [-0.05, 0) is 49.1 Å². The second-order valence-electron chi connectivity index (χ2n) is 5.17. The Kier molecular flexibility index (Phi) is 4.95. The molecular formula is C17H19BrFN. The van der Waals surface area contributed by atoms with Crippen LogP contribution in [0.4, 0.5) is 4.39 Å². The molecule has 2 aromatic carbocycles. The van der Waals surface area contributed by atoms with Gasteiger partial charge in [0.05, 0.1) is 0 Å². The lowest BCUT2D eigenvalue weighted by atomic mass is 10.0. The Morgan fingerprint density at radius 2 is 1.75 bits per heavy atom. The van der Waals surface area contributed by atoms with Crippen LogP contribution in [0.25, 0.3) is 0 Å². The molecule has 0 spiro atoms. The van der Waals surface area contributed by atoms with Gasteiger partial charge in [-0.2, -0.15) is 0 Å². The molecule has 0 saturated heterocycles. The molecule has 1 nitrogen and oxygen atoms in total. The molecule has 20 heavy (non-hydrogen) atoms. The van der Waals surface area contributed by atoms with Crippen molar-refractivity contribution < 1.29 is 4.39 Å². The lowest BCUT2D eigenvalue weighted by Crippen LogP contribution is -2.18. The van der Waals surface area contributed by atoms with Gasteiger partial charge in [0.15, 0.2) is 0 Å². The molecule has 0 fully saturated rings. The molecular weight excluding hydrogens is 317 g/mol. The molecule has 0 aliphatic carbocycles. The highest BCUT2D eigenvalue weighted by molar-refractivity contribution is 9.10. The Morgan fingerprint density at radius 1 is 1.15 bits per heavy atom. The lowest BCUT2D eigenvalue weighted by molar-refractivity contribution is 0.569. The standard InChI is InChI=1S/C17H19BrFN/c1-11-8-14(9-12(2)17(11)19)10-20-13(3)15-6-4-5-7-16(15)18/h4-9,13,20H,10H2,1-3H3. The first-order chi connectivity index (χ1) is 9.49. The number of hydrogen-bond donors (Lipinski definition) is 1. The first-order valence-corrected chi connectivity index (χ1v) is 7.51. The topological polar surface area (TPSA) is 12.0 Å². The predicted molar refractivity (Wildman–Crippen MR) is 85.3 cm³/mol. The molecule has 1 unspecified atom stereocenters. The summed E-state index contributed by atoms with van der Waals surface area (Å²) in [6, 6.07) is 12.2. The van der Waals surface area contributed by atoms with Crippen LogP contribution < -0.4 is 5.32 Å². The van der Waals surface area contributed by atoms with Crippen molar-refractivity contribution in [2.75, 3.05) is 0 Å². The number of benzene rings is 2. The maximum atomic E-state index is 13.6. The van der Waals surface area contributed by atoms with Gasteiger partial charge in [0, 0.05) is 17.1 Å². The minimum Gasteiger partial charge on any atom is -0.306 e. The van der Waals surface area contributed by atoms with Gasteiger partial charge in [0.25, 0.3) is 0 Å². The van der Waals surface area contributed by atoms with Gasteiger partial charge >= 0.3 is 0 Å². The summed E-state index contributed by atoms with van der Waals surface area (Å²) in [5, 5.41) is 3.48. The quantitative estimate of drug-likeness (QED) is 0.823. The highest BCUT2D eigenvalue weighted by Gasteiger charge is 2.09. The highest BCUT2D eigenvalue weighted by Crippen LogP contribution is 2.23. The van der Waals surface area contributed by atoms with Crippen LogP contribution in [-0.2, 0) is 6.54 Å². The van der Waals surface area contributed by atoms with Crippen LogP contribution in [-0.4, -0.2) is 0 Å². The number of rotatable bonds is 4. The van der Waals surface area contributed by atoms with Gasteiger partial charge in [0.2, 0.25) is 0 Å². The Balaban J connectivity index is 2.07. The van der Waals surface area contributed by atoms with E-state index in [4.69, 9.17) is 0 Å². The van der Waals surface area contributed by atoms with Crippen LogP contribution in [0.15, 0.2) is 40.9 Å². The Labute approximate surface area is 128 Å². The van der Waals surface area contributed by atoms with E-state index >= 15 is 0 Å². The van der Waals surface area contributed by atoms with Crippen molar-refractivity contribution in [1.29, 1.82) is 0 Å². The fourth-order valence-corrected chi connectivity index (χ4v) is 2.97. The summed E-state index contributed by atoms with van der Waals surface area (Å²) < 4.78 is 14.7. The first kappa shape index (κ1) is 15.2. The Morgan fingerprint density at radius 3 is 2.35 bits per heavy atom. The number of halogens is 2. The zero-order valence-electron chi connectivity index (χ0n) is 12.0. The molecule has 0 aromatic heterocycles. The molecule has 1 N–H and O–H groups in total. The maximum Gasteiger partial charge on any atom is 0.129 e. The van der Waals surface area contributed by atoms with Crippen LogP contribution in [0.5, 0.6) is 0 Å². The van der Waals surface area contributed by atoms with E-state index < -0.39 is 0 Å². The largest absolute Gasteiger partial charge is 0.306 e. The summed E-state index contributed by atoms with van der Waals surface area (Å²) in [5.41, 5.74) is 3.74. The number of hydrogen-bond acceptors (Lipinski definition) is 1. The maximum absolute atomic E-state index is 13.6. The third-order valence-corrected chi connectivity index (χ3v) is 4.20. The van der Waals surface area contributed by atoms with Crippen molar-refractivity contribution in [2.24, 2.45) is 0 Å². The van der Waals surface area contributed by atoms with E-state index in [0.29, 0.717) is 11.1 Å². The summed E-state index contributed by atoms with van der Waals surface area (Å²) in [4.78, 5) is 0. The van der Waals surface area contributed by atoms with Gasteiger partial charge in [-0.1, -0.05) is 46.3 Å². The van der Waals surface area contributed by atoms with Crippen molar-refractivity contribution in [3.63, 3.8) is 0 Å². The van der Waals surface area contributed by atoms with E-state index in [-0.39, 0.29) is 11.9 Å². The fraction of sp³-hybridized carbons (Fsp3) is 0.294. The van der Waals surface area contributed by atoms with Gasteiger partial charge in [-0.15, -0.1) is 0 Å². The van der Waals surface area contributed by atoms with Crippen molar-refractivity contribution in [3.05, 3.63) is 68.9 Å². The SMILES string of the molecule is Cc1cc(CNC(C)c2ccccc2Br)cc(C)c1F. The van der Waals surface area contributed by atoms with Gasteiger partial charge in [0.1, 0.15) is 5.82 Å². The van der Waals surface area contributed by atoms with E-state index in [1.807, 2.05) is 44.2 Å². The molecule has 0 bridgehead atoms. The molecule has 0 aliphatic heterocycles. The second-order valence-corrected chi connectivity index (χ2v) is 6.02. The fourth-order valence-electron chi connectivity index (χ4n) is 2.34. The van der Waals surface area contributed by atoms with E-state index in [2.05, 4.69) is 34.2 Å². The molecule has 1 atom stereocenters. The van der Waals surface area contributed by atoms with Crippen molar-refractivity contribution in [2.45, 2.75) is 33.4 Å². The van der Waals surface area contributed by atoms with E-state index in [1.165, 1.54) is 5.56 Å². The average molecular weight is 336 g/mol. The zero-order valence-corrected chi connectivity index (χ0v) is 13.6.